The van der Waals surface area contributed by atoms with E-state index in [1.807, 2.05) is 18.2 Å². The molecule has 1 aromatic carbocycles. The molecule has 4 rings (SSSR count). The van der Waals surface area contributed by atoms with Gasteiger partial charge < -0.3 is 14.4 Å². The molecule has 0 amide bonds. The number of nitriles is 1. The summed E-state index contributed by atoms with van der Waals surface area (Å²) < 4.78 is 13.3. The normalized spacial score (nSPS) is 15.3. The molecule has 0 unspecified atom stereocenters. The highest BCUT2D eigenvalue weighted by atomic mass is 79.9. The van der Waals surface area contributed by atoms with Crippen LogP contribution in [0, 0.1) is 11.3 Å². The fourth-order valence-electron chi connectivity index (χ4n) is 3.98. The van der Waals surface area contributed by atoms with Crippen molar-refractivity contribution in [1.29, 1.82) is 5.26 Å². The van der Waals surface area contributed by atoms with Gasteiger partial charge in [0.2, 0.25) is 0 Å². The van der Waals surface area contributed by atoms with E-state index in [0.717, 1.165) is 36.0 Å². The fourth-order valence-corrected chi connectivity index (χ4v) is 4.35. The molecule has 176 valence electrons. The lowest BCUT2D eigenvalue weighted by Gasteiger charge is -2.32. The molecule has 1 aliphatic heterocycles. The van der Waals surface area contributed by atoms with E-state index in [1.165, 1.54) is 4.57 Å². The molecule has 0 bridgehead atoms. The minimum atomic E-state index is -0.469. The lowest BCUT2D eigenvalue weighted by molar-refractivity contribution is 0.105. The predicted octanol–water partition coefficient (Wildman–Crippen LogP) is 4.10. The summed E-state index contributed by atoms with van der Waals surface area (Å²) >= 11 is 3.50. The summed E-state index contributed by atoms with van der Waals surface area (Å²) in [5.74, 6) is 0.607. The zero-order valence-corrected chi connectivity index (χ0v) is 20.8. The number of rotatable bonds is 6. The Balaban J connectivity index is 1.61. The van der Waals surface area contributed by atoms with Crippen LogP contribution in [-0.2, 0) is 4.74 Å². The number of nitrogens with zero attached hydrogens (tertiary/aromatic N) is 5. The molecule has 9 heteroatoms. The monoisotopic (exact) mass is 523 g/mol. The number of aromatic nitrogens is 2. The van der Waals surface area contributed by atoms with Crippen LogP contribution in [0.15, 0.2) is 47.3 Å². The lowest BCUT2D eigenvalue weighted by atomic mass is 10.0. The molecule has 0 saturated carbocycles. The molecule has 0 atom stereocenters. The molecular weight excluding hydrogens is 498 g/mol. The van der Waals surface area contributed by atoms with E-state index < -0.39 is 6.09 Å². The number of methoxy groups -OCH3 is 1. The first-order chi connectivity index (χ1) is 16.5. The van der Waals surface area contributed by atoms with Crippen molar-refractivity contribution in [3.63, 3.8) is 0 Å². The van der Waals surface area contributed by atoms with E-state index in [1.54, 1.807) is 37.8 Å². The average Bonchev–Trinajstić information content (AvgIpc) is 3.22. The molecule has 0 spiro atoms. The van der Waals surface area contributed by atoms with Crippen LogP contribution >= 0.6 is 15.9 Å². The Morgan fingerprint density at radius 2 is 2.06 bits per heavy atom. The quantitative estimate of drug-likeness (QED) is 0.449. The molecule has 3 aromatic rings. The highest BCUT2D eigenvalue weighted by molar-refractivity contribution is 9.10. The summed E-state index contributed by atoms with van der Waals surface area (Å²) in [6.07, 6.45) is 6.17. The van der Waals surface area contributed by atoms with Gasteiger partial charge in [0.05, 0.1) is 24.3 Å². The topological polar surface area (TPSA) is 83.6 Å². The average molecular weight is 524 g/mol. The number of hydrogen-bond acceptors (Lipinski definition) is 7. The molecule has 1 fully saturated rings. The minimum Gasteiger partial charge on any atom is -0.496 e. The Kier molecular flexibility index (Phi) is 7.63. The molecule has 1 aliphatic rings. The smallest absolute Gasteiger partial charge is 0.418 e. The molecule has 1 saturated heterocycles. The number of carbonyl (C=O) groups excluding carboxylic acids is 1. The summed E-state index contributed by atoms with van der Waals surface area (Å²) in [6, 6.07) is 9.58. The van der Waals surface area contributed by atoms with Crippen LogP contribution in [0.2, 0.25) is 0 Å². The van der Waals surface area contributed by atoms with Crippen LogP contribution in [0.3, 0.4) is 0 Å². The second kappa shape index (κ2) is 10.8. The summed E-state index contributed by atoms with van der Waals surface area (Å²) in [7, 11) is 3.68. The zero-order chi connectivity index (χ0) is 24.1. The number of benzene rings is 1. The third kappa shape index (κ3) is 5.30. The Labute approximate surface area is 207 Å². The first kappa shape index (κ1) is 24.0. The third-order valence-electron chi connectivity index (χ3n) is 5.93. The van der Waals surface area contributed by atoms with Gasteiger partial charge in [0.15, 0.2) is 0 Å². The van der Waals surface area contributed by atoms with Crippen molar-refractivity contribution in [3.8, 4) is 11.8 Å². The highest BCUT2D eigenvalue weighted by Gasteiger charge is 2.19. The van der Waals surface area contributed by atoms with Crippen molar-refractivity contribution < 1.29 is 14.3 Å². The first-order valence-corrected chi connectivity index (χ1v) is 11.8. The van der Waals surface area contributed by atoms with Gasteiger partial charge in [-0.05, 0) is 37.4 Å². The van der Waals surface area contributed by atoms with Gasteiger partial charge in [0.1, 0.15) is 12.4 Å². The number of likely N-dealkylation sites (N-methyl/N-ethyl adjacent to an activating group) is 1. The van der Waals surface area contributed by atoms with Crippen molar-refractivity contribution in [3.05, 3.63) is 58.5 Å². The van der Waals surface area contributed by atoms with Crippen LogP contribution in [0.25, 0.3) is 22.6 Å². The van der Waals surface area contributed by atoms with Crippen LogP contribution < -0.4 is 4.74 Å². The molecule has 0 N–H and O–H groups in total. The molecular formula is C25H26BrN5O3. The van der Waals surface area contributed by atoms with E-state index in [-0.39, 0.29) is 0 Å². The maximum Gasteiger partial charge on any atom is 0.418 e. The van der Waals surface area contributed by atoms with E-state index in [0.29, 0.717) is 41.1 Å². The highest BCUT2D eigenvalue weighted by Crippen LogP contribution is 2.32. The molecule has 3 heterocycles. The van der Waals surface area contributed by atoms with Crippen molar-refractivity contribution >= 4 is 44.6 Å². The first-order valence-electron chi connectivity index (χ1n) is 11.0. The Morgan fingerprint density at radius 1 is 1.26 bits per heavy atom. The van der Waals surface area contributed by atoms with Gasteiger partial charge in [-0.25, -0.2) is 4.79 Å². The van der Waals surface area contributed by atoms with Gasteiger partial charge in [-0.15, -0.1) is 0 Å². The van der Waals surface area contributed by atoms with Crippen LogP contribution in [0.5, 0.6) is 5.75 Å². The molecule has 0 radical (unpaired) electrons. The number of hydrogen-bond donors (Lipinski definition) is 0. The lowest BCUT2D eigenvalue weighted by Crippen LogP contribution is -2.45. The number of allylic oxidation sites excluding steroid dienone is 1. The van der Waals surface area contributed by atoms with Gasteiger partial charge in [0, 0.05) is 72.3 Å². The maximum absolute atomic E-state index is 13.0. The number of carbonyl (C=O) groups is 1. The predicted molar refractivity (Wildman–Crippen MR) is 135 cm³/mol. The standard InChI is InChI=1S/C25H26BrN5O3/c1-29-7-9-30(10-8-29)11-12-34-25(32)31-17-22(21-14-20(26)3-4-23(21)31)18(15-27)13-19-16-28-6-5-24(19)33-2/h3-6,13-14,16-17H,7-12H2,1-2H3. The number of piperazine rings is 1. The SMILES string of the molecule is COc1ccncc1C=C(C#N)c1cn(C(=O)OCCN2CCN(C)CC2)c2ccc(Br)cc12. The summed E-state index contributed by atoms with van der Waals surface area (Å²) in [5.41, 5.74) is 2.36. The van der Waals surface area contributed by atoms with E-state index in [9.17, 15) is 10.1 Å². The van der Waals surface area contributed by atoms with Crippen molar-refractivity contribution in [2.75, 3.05) is 53.5 Å². The Hall–Kier alpha value is -3.19. The zero-order valence-electron chi connectivity index (χ0n) is 19.2. The van der Waals surface area contributed by atoms with Crippen LogP contribution in [0.4, 0.5) is 4.79 Å². The van der Waals surface area contributed by atoms with Gasteiger partial charge in [-0.3, -0.25) is 14.5 Å². The fraction of sp³-hybridized carbons (Fsp3) is 0.320. The molecule has 8 nitrogen and oxygen atoms in total. The van der Waals surface area contributed by atoms with Gasteiger partial charge in [-0.2, -0.15) is 5.26 Å². The maximum atomic E-state index is 13.0. The van der Waals surface area contributed by atoms with Crippen LogP contribution in [-0.4, -0.2) is 78.9 Å². The van der Waals surface area contributed by atoms with Gasteiger partial charge in [-0.1, -0.05) is 15.9 Å². The minimum absolute atomic E-state index is 0.307. The second-order valence-corrected chi connectivity index (χ2v) is 9.04. The van der Waals surface area contributed by atoms with Crippen molar-refractivity contribution in [2.24, 2.45) is 0 Å². The van der Waals surface area contributed by atoms with E-state index in [2.05, 4.69) is 43.8 Å². The van der Waals surface area contributed by atoms with E-state index in [4.69, 9.17) is 9.47 Å². The molecule has 0 aliphatic carbocycles. The number of ether oxygens (including phenoxy) is 2. The molecule has 2 aromatic heterocycles. The molecule has 34 heavy (non-hydrogen) atoms. The summed E-state index contributed by atoms with van der Waals surface area (Å²) in [6.45, 7) is 4.96. The number of halogens is 1. The van der Waals surface area contributed by atoms with Crippen LogP contribution in [0.1, 0.15) is 11.1 Å². The Morgan fingerprint density at radius 3 is 2.79 bits per heavy atom. The Bertz CT molecular complexity index is 1260. The summed E-state index contributed by atoms with van der Waals surface area (Å²) in [5, 5.41) is 10.7. The van der Waals surface area contributed by atoms with E-state index >= 15 is 0 Å². The van der Waals surface area contributed by atoms with Gasteiger partial charge in [0.25, 0.3) is 0 Å². The van der Waals surface area contributed by atoms with Crippen molar-refractivity contribution in [1.82, 2.24) is 19.4 Å². The van der Waals surface area contributed by atoms with Crippen molar-refractivity contribution in [2.45, 2.75) is 0 Å². The van der Waals surface area contributed by atoms with Gasteiger partial charge >= 0.3 is 6.09 Å². The number of fused-ring (bicyclic) bond motifs is 1. The summed E-state index contributed by atoms with van der Waals surface area (Å²) in [4.78, 5) is 21.7. The second-order valence-electron chi connectivity index (χ2n) is 8.12. The third-order valence-corrected chi connectivity index (χ3v) is 6.43. The number of pyridine rings is 1. The largest absolute Gasteiger partial charge is 0.496 e.